The molecule has 0 aromatic heterocycles. The van der Waals surface area contributed by atoms with Crippen molar-refractivity contribution in [3.63, 3.8) is 0 Å². The van der Waals surface area contributed by atoms with Gasteiger partial charge < -0.3 is 4.90 Å². The third kappa shape index (κ3) is 4.79. The number of rotatable bonds is 6. The van der Waals surface area contributed by atoms with Gasteiger partial charge in [-0.1, -0.05) is 48.5 Å². The van der Waals surface area contributed by atoms with Gasteiger partial charge >= 0.3 is 0 Å². The predicted octanol–water partition coefficient (Wildman–Crippen LogP) is 2.19. The maximum atomic E-state index is 12.8. The topological polar surface area (TPSA) is 60.9 Å². The number of hydrogen-bond acceptors (Lipinski definition) is 4. The molecule has 1 aliphatic heterocycles. The van der Waals surface area contributed by atoms with Crippen molar-refractivity contribution in [2.24, 2.45) is 0 Å². The molecule has 1 aliphatic rings. The standard InChI is InChI=1S/C21H27N3O3S/c1-18(21(25)22(2)20-11-7-4-8-12-20)23-13-15-24(16-14-23)28(26,27)17-19-9-5-3-6-10-19/h3-12,18H,13-17H2,1-2H3. The van der Waals surface area contributed by atoms with Crippen LogP contribution in [0.3, 0.4) is 0 Å². The number of likely N-dealkylation sites (N-methyl/N-ethyl adjacent to an activating group) is 1. The number of anilines is 1. The minimum Gasteiger partial charge on any atom is -0.314 e. The van der Waals surface area contributed by atoms with Crippen molar-refractivity contribution in [3.8, 4) is 0 Å². The number of carbonyl (C=O) groups excluding carboxylic acids is 1. The van der Waals surface area contributed by atoms with Crippen LogP contribution in [0, 0.1) is 0 Å². The van der Waals surface area contributed by atoms with Gasteiger partial charge in [-0.3, -0.25) is 9.69 Å². The molecule has 1 amide bonds. The van der Waals surface area contributed by atoms with Crippen LogP contribution in [0.25, 0.3) is 0 Å². The second-order valence-electron chi connectivity index (χ2n) is 7.09. The molecule has 6 nitrogen and oxygen atoms in total. The Hall–Kier alpha value is -2.22. The van der Waals surface area contributed by atoms with Crippen LogP contribution in [0.1, 0.15) is 12.5 Å². The van der Waals surface area contributed by atoms with E-state index in [9.17, 15) is 13.2 Å². The van der Waals surface area contributed by atoms with Crippen LogP contribution in [-0.4, -0.2) is 62.8 Å². The zero-order valence-electron chi connectivity index (χ0n) is 16.4. The Morgan fingerprint density at radius 1 is 0.964 bits per heavy atom. The summed E-state index contributed by atoms with van der Waals surface area (Å²) < 4.78 is 26.9. The average Bonchev–Trinajstić information content (AvgIpc) is 2.73. The van der Waals surface area contributed by atoms with Crippen LogP contribution in [0.15, 0.2) is 60.7 Å². The van der Waals surface area contributed by atoms with Gasteiger partial charge in [0, 0.05) is 38.9 Å². The first-order valence-electron chi connectivity index (χ1n) is 9.47. The van der Waals surface area contributed by atoms with Gasteiger partial charge in [0.05, 0.1) is 11.8 Å². The van der Waals surface area contributed by atoms with Gasteiger partial charge in [0.1, 0.15) is 0 Å². The van der Waals surface area contributed by atoms with E-state index in [1.807, 2.05) is 67.6 Å². The van der Waals surface area contributed by atoms with E-state index < -0.39 is 10.0 Å². The molecule has 1 unspecified atom stereocenters. The Kier molecular flexibility index (Phi) is 6.49. The molecule has 0 bridgehead atoms. The second kappa shape index (κ2) is 8.86. The van der Waals surface area contributed by atoms with Crippen molar-refractivity contribution < 1.29 is 13.2 Å². The van der Waals surface area contributed by atoms with Crippen LogP contribution in [-0.2, 0) is 20.6 Å². The van der Waals surface area contributed by atoms with Gasteiger partial charge in [0.15, 0.2) is 0 Å². The molecule has 2 aromatic carbocycles. The molecule has 3 rings (SSSR count). The number of para-hydroxylation sites is 1. The minimum atomic E-state index is -3.35. The molecule has 1 heterocycles. The van der Waals surface area contributed by atoms with Crippen LogP contribution in [0.5, 0.6) is 0 Å². The predicted molar refractivity (Wildman–Crippen MR) is 112 cm³/mol. The van der Waals surface area contributed by atoms with E-state index in [1.54, 1.807) is 11.9 Å². The second-order valence-corrected chi connectivity index (χ2v) is 9.05. The van der Waals surface area contributed by atoms with Crippen molar-refractivity contribution >= 4 is 21.6 Å². The minimum absolute atomic E-state index is 0.00629. The maximum Gasteiger partial charge on any atom is 0.243 e. The fourth-order valence-electron chi connectivity index (χ4n) is 3.46. The Labute approximate surface area is 167 Å². The highest BCUT2D eigenvalue weighted by Crippen LogP contribution is 2.18. The molecule has 28 heavy (non-hydrogen) atoms. The summed E-state index contributed by atoms with van der Waals surface area (Å²) in [6, 6.07) is 18.4. The van der Waals surface area contributed by atoms with E-state index in [2.05, 4.69) is 4.90 Å². The summed E-state index contributed by atoms with van der Waals surface area (Å²) in [6.07, 6.45) is 0. The summed E-state index contributed by atoms with van der Waals surface area (Å²) in [4.78, 5) is 16.5. The van der Waals surface area contributed by atoms with Crippen LogP contribution >= 0.6 is 0 Å². The van der Waals surface area contributed by atoms with Crippen LogP contribution in [0.4, 0.5) is 5.69 Å². The monoisotopic (exact) mass is 401 g/mol. The highest BCUT2D eigenvalue weighted by Gasteiger charge is 2.32. The van der Waals surface area contributed by atoms with E-state index in [4.69, 9.17) is 0 Å². The number of benzene rings is 2. The van der Waals surface area contributed by atoms with Crippen molar-refractivity contribution in [1.82, 2.24) is 9.21 Å². The van der Waals surface area contributed by atoms with Crippen molar-refractivity contribution in [3.05, 3.63) is 66.2 Å². The third-order valence-corrected chi connectivity index (χ3v) is 7.09. The van der Waals surface area contributed by atoms with E-state index in [1.165, 1.54) is 4.31 Å². The van der Waals surface area contributed by atoms with E-state index in [0.717, 1.165) is 11.3 Å². The molecule has 1 atom stereocenters. The molecule has 0 aliphatic carbocycles. The fraction of sp³-hybridized carbons (Fsp3) is 0.381. The smallest absolute Gasteiger partial charge is 0.243 e. The van der Waals surface area contributed by atoms with E-state index >= 15 is 0 Å². The molecular weight excluding hydrogens is 374 g/mol. The molecular formula is C21H27N3O3S. The lowest BCUT2D eigenvalue weighted by molar-refractivity contribution is -0.123. The molecule has 2 aromatic rings. The Morgan fingerprint density at radius 3 is 2.07 bits per heavy atom. The van der Waals surface area contributed by atoms with Crippen molar-refractivity contribution in [2.45, 2.75) is 18.7 Å². The lowest BCUT2D eigenvalue weighted by atomic mass is 10.2. The largest absolute Gasteiger partial charge is 0.314 e. The Bertz CT molecular complexity index is 880. The quantitative estimate of drug-likeness (QED) is 0.744. The summed E-state index contributed by atoms with van der Waals surface area (Å²) in [5.74, 6) is 0.0193. The number of hydrogen-bond donors (Lipinski definition) is 0. The molecule has 1 saturated heterocycles. The zero-order chi connectivity index (χ0) is 20.1. The molecule has 1 fully saturated rings. The molecule has 7 heteroatoms. The number of piperazine rings is 1. The summed E-state index contributed by atoms with van der Waals surface area (Å²) in [5, 5.41) is 0. The summed E-state index contributed by atoms with van der Waals surface area (Å²) in [6.45, 7) is 3.78. The van der Waals surface area contributed by atoms with Crippen LogP contribution in [0.2, 0.25) is 0 Å². The SMILES string of the molecule is CC(C(=O)N(C)c1ccccc1)N1CCN(S(=O)(=O)Cc2ccccc2)CC1. The number of carbonyl (C=O) groups is 1. The van der Waals surface area contributed by atoms with Crippen LogP contribution < -0.4 is 4.90 Å². The van der Waals surface area contributed by atoms with Gasteiger partial charge in [-0.05, 0) is 24.6 Å². The molecule has 150 valence electrons. The number of sulfonamides is 1. The van der Waals surface area contributed by atoms with Crippen molar-refractivity contribution in [2.75, 3.05) is 38.1 Å². The summed E-state index contributed by atoms with van der Waals surface area (Å²) in [7, 11) is -1.58. The maximum absolute atomic E-state index is 12.8. The van der Waals surface area contributed by atoms with Gasteiger partial charge in [-0.15, -0.1) is 0 Å². The van der Waals surface area contributed by atoms with Gasteiger partial charge in [0.2, 0.25) is 15.9 Å². The lowest BCUT2D eigenvalue weighted by Gasteiger charge is -2.37. The molecule has 0 radical (unpaired) electrons. The first-order chi connectivity index (χ1) is 13.4. The lowest BCUT2D eigenvalue weighted by Crippen LogP contribution is -2.55. The van der Waals surface area contributed by atoms with Gasteiger partial charge in [0.25, 0.3) is 0 Å². The number of amides is 1. The summed E-state index contributed by atoms with van der Waals surface area (Å²) in [5.41, 5.74) is 1.64. The van der Waals surface area contributed by atoms with Crippen molar-refractivity contribution in [1.29, 1.82) is 0 Å². The molecule has 0 N–H and O–H groups in total. The highest BCUT2D eigenvalue weighted by molar-refractivity contribution is 7.88. The van der Waals surface area contributed by atoms with E-state index in [-0.39, 0.29) is 17.7 Å². The van der Waals surface area contributed by atoms with E-state index in [0.29, 0.717) is 26.2 Å². The zero-order valence-corrected chi connectivity index (χ0v) is 17.2. The van der Waals surface area contributed by atoms with Gasteiger partial charge in [-0.2, -0.15) is 4.31 Å². The first-order valence-corrected chi connectivity index (χ1v) is 11.1. The first kappa shape index (κ1) is 20.5. The fourth-order valence-corrected chi connectivity index (χ4v) is 4.98. The average molecular weight is 402 g/mol. The molecule has 0 spiro atoms. The Morgan fingerprint density at radius 2 is 1.50 bits per heavy atom. The molecule has 0 saturated carbocycles. The third-order valence-electron chi connectivity index (χ3n) is 5.24. The van der Waals surface area contributed by atoms with Gasteiger partial charge in [-0.25, -0.2) is 8.42 Å². The Balaban J connectivity index is 1.58. The normalized spacial score (nSPS) is 17.2. The summed E-state index contributed by atoms with van der Waals surface area (Å²) >= 11 is 0. The number of nitrogens with zero attached hydrogens (tertiary/aromatic N) is 3. The highest BCUT2D eigenvalue weighted by atomic mass is 32.2.